The number of methoxy groups -OCH3 is 1. The van der Waals surface area contributed by atoms with E-state index >= 15 is 0 Å². The first-order valence-electron chi connectivity index (χ1n) is 15.9. The number of rotatable bonds is 8. The third kappa shape index (κ3) is 9.25. The zero-order chi connectivity index (χ0) is 37.1. The molecule has 2 aromatic carbocycles. The number of nitrogens with zero attached hydrogens (tertiary/aromatic N) is 4. The van der Waals surface area contributed by atoms with Crippen LogP contribution in [-0.2, 0) is 15.7 Å². The highest BCUT2D eigenvalue weighted by Crippen LogP contribution is 2.32. The van der Waals surface area contributed by atoms with E-state index < -0.39 is 47.4 Å². The zero-order valence-electron chi connectivity index (χ0n) is 29.2. The zero-order valence-corrected chi connectivity index (χ0v) is 29.2. The van der Waals surface area contributed by atoms with Crippen LogP contribution in [0.4, 0.5) is 28.2 Å². The second-order valence-corrected chi connectivity index (χ2v) is 13.3. The number of amides is 2. The van der Waals surface area contributed by atoms with Crippen LogP contribution in [0, 0.1) is 26.6 Å². The molecule has 15 heteroatoms. The topological polar surface area (TPSA) is 123 Å². The molecule has 1 saturated heterocycles. The van der Waals surface area contributed by atoms with Gasteiger partial charge in [-0.05, 0) is 95.0 Å². The Morgan fingerprint density at radius 1 is 0.960 bits per heavy atom. The van der Waals surface area contributed by atoms with Gasteiger partial charge in [0.15, 0.2) is 11.5 Å². The number of hydrogen-bond donors (Lipinski definition) is 1. The lowest BCUT2D eigenvalue weighted by molar-refractivity contribution is -0.141. The van der Waals surface area contributed by atoms with E-state index in [0.717, 1.165) is 13.2 Å². The number of aromatic nitrogens is 2. The fourth-order valence-corrected chi connectivity index (χ4v) is 5.41. The molecule has 270 valence electrons. The molecule has 0 bridgehead atoms. The highest BCUT2D eigenvalue weighted by atomic mass is 19.4. The van der Waals surface area contributed by atoms with E-state index in [1.54, 1.807) is 51.7 Å². The molecule has 2 heterocycles. The molecule has 1 aliphatic rings. The molecule has 2 amide bonds. The second-order valence-electron chi connectivity index (χ2n) is 13.3. The monoisotopic (exact) mass is 703 g/mol. The van der Waals surface area contributed by atoms with E-state index in [9.17, 15) is 31.9 Å². The number of nitrogens with one attached hydrogen (secondary N) is 1. The summed E-state index contributed by atoms with van der Waals surface area (Å²) in [4.78, 5) is 42.9. The Kier molecular flexibility index (Phi) is 11.4. The summed E-state index contributed by atoms with van der Waals surface area (Å²) in [6.07, 6.45) is -5.93. The van der Waals surface area contributed by atoms with Crippen LogP contribution < -0.4 is 10.1 Å². The summed E-state index contributed by atoms with van der Waals surface area (Å²) in [5.74, 6) is -2.16. The minimum absolute atomic E-state index is 0.00358. The SMILES string of the molecule is COC(=O)c1cc(C(=O)Nc2nnc(C(F)(F)F)cc2C)c(C)cc1O[C@H](CN1CCN(C(=O)OC(C)(C)C)[C@H](C)C1)c1ccc(C)c(F)c1. The van der Waals surface area contributed by atoms with Crippen molar-refractivity contribution in [2.75, 3.05) is 38.6 Å². The lowest BCUT2D eigenvalue weighted by atomic mass is 10.0. The molecule has 0 radical (unpaired) electrons. The average molecular weight is 704 g/mol. The Labute approximate surface area is 287 Å². The number of carbonyl (C=O) groups excluding carboxylic acids is 3. The van der Waals surface area contributed by atoms with Crippen molar-refractivity contribution in [3.63, 3.8) is 0 Å². The van der Waals surface area contributed by atoms with Gasteiger partial charge in [-0.1, -0.05) is 12.1 Å². The summed E-state index contributed by atoms with van der Waals surface area (Å²) in [5, 5.41) is 9.14. The van der Waals surface area contributed by atoms with Gasteiger partial charge in [0.1, 0.15) is 28.8 Å². The van der Waals surface area contributed by atoms with E-state index in [2.05, 4.69) is 20.4 Å². The van der Waals surface area contributed by atoms with Crippen LogP contribution in [0.15, 0.2) is 36.4 Å². The van der Waals surface area contributed by atoms with E-state index in [1.165, 1.54) is 25.1 Å². The van der Waals surface area contributed by atoms with Crippen molar-refractivity contribution in [2.45, 2.75) is 72.4 Å². The number of esters is 1. The third-order valence-electron chi connectivity index (χ3n) is 8.08. The van der Waals surface area contributed by atoms with Gasteiger partial charge in [0, 0.05) is 37.8 Å². The van der Waals surface area contributed by atoms with Gasteiger partial charge < -0.3 is 24.4 Å². The molecule has 1 aliphatic heterocycles. The lowest BCUT2D eigenvalue weighted by Gasteiger charge is -2.41. The van der Waals surface area contributed by atoms with Gasteiger partial charge in [0.2, 0.25) is 0 Å². The third-order valence-corrected chi connectivity index (χ3v) is 8.08. The molecule has 0 unspecified atom stereocenters. The van der Waals surface area contributed by atoms with Crippen LogP contribution >= 0.6 is 0 Å². The number of ether oxygens (including phenoxy) is 3. The number of alkyl halides is 3. The Hall–Kier alpha value is -4.79. The maximum Gasteiger partial charge on any atom is 0.435 e. The minimum atomic E-state index is -4.71. The number of anilines is 1. The Bertz CT molecular complexity index is 1760. The Morgan fingerprint density at radius 3 is 2.24 bits per heavy atom. The summed E-state index contributed by atoms with van der Waals surface area (Å²) >= 11 is 0. The van der Waals surface area contributed by atoms with E-state index in [1.807, 2.05) is 6.92 Å². The fraction of sp³-hybridized carbons (Fsp3) is 0.457. The average Bonchev–Trinajstić information content (AvgIpc) is 3.01. The quantitative estimate of drug-likeness (QED) is 0.203. The molecule has 2 atom stereocenters. The Morgan fingerprint density at radius 2 is 1.66 bits per heavy atom. The number of benzene rings is 2. The van der Waals surface area contributed by atoms with Crippen molar-refractivity contribution in [3.8, 4) is 5.75 Å². The molecule has 0 spiro atoms. The lowest BCUT2D eigenvalue weighted by Crippen LogP contribution is -2.55. The van der Waals surface area contributed by atoms with Gasteiger partial charge in [0.05, 0.1) is 7.11 Å². The standard InChI is InChI=1S/C35H41F4N5O6/c1-19-9-10-23(15-26(19)36)28(18-43-11-12-44(22(4)17-43)33(47)50-34(5,6)7)49-27-13-20(2)24(16-25(27)32(46)48-8)31(45)40-30-21(3)14-29(41-42-30)35(37,38)39/h9-10,13-16,22,28H,11-12,17-18H2,1-8H3,(H,40,42,45)/t22-,28-/m1/s1. The molecule has 0 saturated carbocycles. The summed E-state index contributed by atoms with van der Waals surface area (Å²) in [6.45, 7) is 13.4. The number of aryl methyl sites for hydroxylation is 3. The van der Waals surface area contributed by atoms with Crippen LogP contribution in [0.1, 0.15) is 82.5 Å². The molecule has 1 N–H and O–H groups in total. The summed E-state index contributed by atoms with van der Waals surface area (Å²) in [7, 11) is 1.16. The molecule has 50 heavy (non-hydrogen) atoms. The number of halogens is 4. The molecule has 1 aromatic heterocycles. The highest BCUT2D eigenvalue weighted by Gasteiger charge is 2.35. The van der Waals surface area contributed by atoms with Crippen LogP contribution in [0.25, 0.3) is 0 Å². The van der Waals surface area contributed by atoms with E-state index in [-0.39, 0.29) is 40.8 Å². The van der Waals surface area contributed by atoms with Gasteiger partial charge >= 0.3 is 18.2 Å². The van der Waals surface area contributed by atoms with Crippen molar-refractivity contribution in [1.29, 1.82) is 0 Å². The van der Waals surface area contributed by atoms with Gasteiger partial charge in [0.25, 0.3) is 5.91 Å². The van der Waals surface area contributed by atoms with Crippen LogP contribution in [-0.4, -0.2) is 82.9 Å². The van der Waals surface area contributed by atoms with Gasteiger partial charge in [-0.3, -0.25) is 9.69 Å². The molecular weight excluding hydrogens is 662 g/mol. The first-order valence-corrected chi connectivity index (χ1v) is 15.9. The van der Waals surface area contributed by atoms with Gasteiger partial charge in [-0.25, -0.2) is 14.0 Å². The van der Waals surface area contributed by atoms with Crippen molar-refractivity contribution >= 4 is 23.8 Å². The minimum Gasteiger partial charge on any atom is -0.483 e. The van der Waals surface area contributed by atoms with Crippen molar-refractivity contribution in [3.05, 3.63) is 81.3 Å². The molecule has 1 fully saturated rings. The molecule has 3 aromatic rings. The maximum atomic E-state index is 14.8. The normalized spacial score (nSPS) is 16.1. The first-order chi connectivity index (χ1) is 23.3. The van der Waals surface area contributed by atoms with Crippen molar-refractivity contribution < 1.29 is 46.2 Å². The number of piperazine rings is 1. The fourth-order valence-electron chi connectivity index (χ4n) is 5.41. The smallest absolute Gasteiger partial charge is 0.435 e. The molecule has 11 nitrogen and oxygen atoms in total. The van der Waals surface area contributed by atoms with Gasteiger partial charge in [-0.15, -0.1) is 10.2 Å². The Balaban J connectivity index is 1.63. The summed E-state index contributed by atoms with van der Waals surface area (Å²) in [5.41, 5.74) is -0.659. The number of carbonyl (C=O) groups is 3. The molecular formula is C35H41F4N5O6. The molecule has 4 rings (SSSR count). The summed E-state index contributed by atoms with van der Waals surface area (Å²) in [6, 6.07) is 7.98. The van der Waals surface area contributed by atoms with Crippen molar-refractivity contribution in [1.82, 2.24) is 20.0 Å². The van der Waals surface area contributed by atoms with E-state index in [0.29, 0.717) is 36.3 Å². The van der Waals surface area contributed by atoms with E-state index in [4.69, 9.17) is 14.2 Å². The van der Waals surface area contributed by atoms with Crippen LogP contribution in [0.3, 0.4) is 0 Å². The van der Waals surface area contributed by atoms with Gasteiger partial charge in [-0.2, -0.15) is 13.2 Å². The van der Waals surface area contributed by atoms with Crippen molar-refractivity contribution in [2.24, 2.45) is 0 Å². The maximum absolute atomic E-state index is 14.8. The molecule has 0 aliphatic carbocycles. The number of hydrogen-bond acceptors (Lipinski definition) is 9. The first kappa shape index (κ1) is 38.0. The summed E-state index contributed by atoms with van der Waals surface area (Å²) < 4.78 is 71.0. The van der Waals surface area contributed by atoms with Crippen LogP contribution in [0.5, 0.6) is 5.75 Å². The largest absolute Gasteiger partial charge is 0.483 e. The second kappa shape index (κ2) is 15.0. The highest BCUT2D eigenvalue weighted by molar-refractivity contribution is 6.07. The van der Waals surface area contributed by atoms with Crippen LogP contribution in [0.2, 0.25) is 0 Å². The predicted octanol–water partition coefficient (Wildman–Crippen LogP) is 6.66. The predicted molar refractivity (Wildman–Crippen MR) is 176 cm³/mol.